The Morgan fingerprint density at radius 3 is 2.08 bits per heavy atom. The third kappa shape index (κ3) is 8.70. The van der Waals surface area contributed by atoms with Crippen LogP contribution in [0.5, 0.6) is 5.75 Å². The molecule has 0 amide bonds. The van der Waals surface area contributed by atoms with Gasteiger partial charge in [0.1, 0.15) is 18.5 Å². The number of benzene rings is 1. The minimum Gasteiger partial charge on any atom is -0.488 e. The molecule has 0 N–H and O–H groups in total. The second-order valence-corrected chi connectivity index (χ2v) is 5.91. The minimum atomic E-state index is -0.401. The van der Waals surface area contributed by atoms with E-state index in [1.807, 2.05) is 51.1 Å². The average molecular weight is 336 g/mol. The second kappa shape index (κ2) is 10.8. The van der Waals surface area contributed by atoms with Crippen LogP contribution in [0.4, 0.5) is 0 Å². The van der Waals surface area contributed by atoms with Gasteiger partial charge in [0.25, 0.3) is 0 Å². The Morgan fingerprint density at radius 1 is 0.958 bits per heavy atom. The highest BCUT2D eigenvalue weighted by Crippen LogP contribution is 2.11. The van der Waals surface area contributed by atoms with E-state index in [1.54, 1.807) is 6.92 Å². The van der Waals surface area contributed by atoms with E-state index in [4.69, 9.17) is 18.9 Å². The number of carbonyl (C=O) groups excluding carboxylic acids is 1. The summed E-state index contributed by atoms with van der Waals surface area (Å²) >= 11 is 0. The van der Waals surface area contributed by atoms with Crippen LogP contribution in [0.3, 0.4) is 0 Å². The molecular weight excluding hydrogens is 308 g/mol. The van der Waals surface area contributed by atoms with Gasteiger partial charge in [-0.05, 0) is 39.8 Å². The Labute approximate surface area is 144 Å². The lowest BCUT2D eigenvalue weighted by Crippen LogP contribution is -2.28. The summed E-state index contributed by atoms with van der Waals surface area (Å²) < 4.78 is 22.1. The highest BCUT2D eigenvalue weighted by atomic mass is 16.6. The van der Waals surface area contributed by atoms with Crippen LogP contribution in [0.2, 0.25) is 0 Å². The van der Waals surface area contributed by atoms with Gasteiger partial charge in [0.2, 0.25) is 0 Å². The van der Waals surface area contributed by atoms with Crippen molar-refractivity contribution in [1.29, 1.82) is 0 Å². The van der Waals surface area contributed by atoms with Crippen molar-refractivity contribution in [3.8, 4) is 5.75 Å². The molecule has 1 aromatic carbocycles. The first kappa shape index (κ1) is 20.2. The summed E-state index contributed by atoms with van der Waals surface area (Å²) in [5.41, 5.74) is 0.381. The summed E-state index contributed by atoms with van der Waals surface area (Å²) in [5, 5.41) is 0. The Hall–Kier alpha value is -1.85. The number of rotatable bonds is 11. The van der Waals surface area contributed by atoms with E-state index < -0.39 is 5.97 Å². The van der Waals surface area contributed by atoms with Crippen LogP contribution in [-0.4, -0.2) is 44.1 Å². The van der Waals surface area contributed by atoms with E-state index in [-0.39, 0.29) is 24.9 Å². The number of hydrogen-bond donors (Lipinski definition) is 0. The van der Waals surface area contributed by atoms with Crippen molar-refractivity contribution in [1.82, 2.24) is 0 Å². The predicted molar refractivity (Wildman–Crippen MR) is 93.1 cm³/mol. The lowest BCUT2D eigenvalue weighted by Gasteiger charge is -2.20. The summed E-state index contributed by atoms with van der Waals surface area (Å²) in [7, 11) is 0. The predicted octanol–water partition coefficient (Wildman–Crippen LogP) is 3.38. The van der Waals surface area contributed by atoms with E-state index in [0.29, 0.717) is 18.8 Å². The number of carbonyl (C=O) groups is 1. The third-order valence-electron chi connectivity index (χ3n) is 3.11. The SMILES string of the molecule is C=C(C)C(=O)OCC(C)OCC(C)OCC(C)Oc1ccccc1. The second-order valence-electron chi connectivity index (χ2n) is 5.91. The molecule has 0 saturated carbocycles. The summed E-state index contributed by atoms with van der Waals surface area (Å²) in [6, 6.07) is 9.64. The molecule has 0 radical (unpaired) electrons. The lowest BCUT2D eigenvalue weighted by molar-refractivity contribution is -0.143. The smallest absolute Gasteiger partial charge is 0.333 e. The molecule has 0 aliphatic rings. The molecule has 0 aromatic heterocycles. The molecule has 1 aromatic rings. The van der Waals surface area contributed by atoms with Crippen molar-refractivity contribution < 1.29 is 23.7 Å². The van der Waals surface area contributed by atoms with E-state index in [9.17, 15) is 4.79 Å². The topological polar surface area (TPSA) is 54.0 Å². The van der Waals surface area contributed by atoms with Crippen molar-refractivity contribution in [2.75, 3.05) is 19.8 Å². The van der Waals surface area contributed by atoms with E-state index in [2.05, 4.69) is 6.58 Å². The van der Waals surface area contributed by atoms with E-state index >= 15 is 0 Å². The van der Waals surface area contributed by atoms with Crippen LogP contribution in [-0.2, 0) is 19.0 Å². The molecule has 5 nitrogen and oxygen atoms in total. The average Bonchev–Trinajstić information content (AvgIpc) is 2.56. The van der Waals surface area contributed by atoms with E-state index in [0.717, 1.165) is 5.75 Å². The summed E-state index contributed by atoms with van der Waals surface area (Å²) in [4.78, 5) is 11.3. The summed E-state index contributed by atoms with van der Waals surface area (Å²) in [6.07, 6.45) is -0.327. The summed E-state index contributed by atoms with van der Waals surface area (Å²) in [6.45, 7) is 12.0. The van der Waals surface area contributed by atoms with Gasteiger partial charge >= 0.3 is 5.97 Å². The third-order valence-corrected chi connectivity index (χ3v) is 3.11. The fourth-order valence-corrected chi connectivity index (χ4v) is 1.78. The number of hydrogen-bond acceptors (Lipinski definition) is 5. The van der Waals surface area contributed by atoms with Gasteiger partial charge in [-0.3, -0.25) is 0 Å². The van der Waals surface area contributed by atoms with Crippen LogP contribution in [0.15, 0.2) is 42.5 Å². The lowest BCUT2D eigenvalue weighted by atomic mass is 10.3. The maximum absolute atomic E-state index is 11.3. The van der Waals surface area contributed by atoms with E-state index in [1.165, 1.54) is 0 Å². The van der Waals surface area contributed by atoms with Gasteiger partial charge in [0, 0.05) is 5.57 Å². The molecule has 3 atom stereocenters. The highest BCUT2D eigenvalue weighted by Gasteiger charge is 2.12. The molecule has 0 heterocycles. The number of ether oxygens (including phenoxy) is 4. The first-order valence-corrected chi connectivity index (χ1v) is 8.16. The molecule has 134 valence electrons. The molecule has 1 rings (SSSR count). The molecule has 0 aliphatic carbocycles. The van der Waals surface area contributed by atoms with Crippen molar-refractivity contribution in [2.24, 2.45) is 0 Å². The zero-order valence-electron chi connectivity index (χ0n) is 15.0. The van der Waals surface area contributed by atoms with Crippen molar-refractivity contribution in [3.05, 3.63) is 42.5 Å². The van der Waals surface area contributed by atoms with Crippen molar-refractivity contribution in [2.45, 2.75) is 46.0 Å². The first-order chi connectivity index (χ1) is 11.4. The number of para-hydroxylation sites is 1. The van der Waals surface area contributed by atoms with Crippen LogP contribution >= 0.6 is 0 Å². The Morgan fingerprint density at radius 2 is 1.50 bits per heavy atom. The fraction of sp³-hybridized carbons (Fsp3) is 0.526. The van der Waals surface area contributed by atoms with Gasteiger partial charge in [-0.25, -0.2) is 4.79 Å². The molecule has 24 heavy (non-hydrogen) atoms. The quantitative estimate of drug-likeness (QED) is 0.458. The normalized spacial score (nSPS) is 14.5. The highest BCUT2D eigenvalue weighted by molar-refractivity contribution is 5.86. The van der Waals surface area contributed by atoms with Gasteiger partial charge in [0.15, 0.2) is 0 Å². The maximum atomic E-state index is 11.3. The standard InChI is InChI=1S/C19H28O5/c1-14(2)19(20)23-12-16(4)21-11-15(3)22-13-17(5)24-18-9-7-6-8-10-18/h6-10,15-17H,1,11-13H2,2-5H3. The van der Waals surface area contributed by atoms with Crippen LogP contribution in [0, 0.1) is 0 Å². The minimum absolute atomic E-state index is 0.0520. The van der Waals surface area contributed by atoms with Gasteiger partial charge in [-0.1, -0.05) is 24.8 Å². The summed E-state index contributed by atoms with van der Waals surface area (Å²) in [5.74, 6) is 0.423. The zero-order chi connectivity index (χ0) is 17.9. The molecule has 3 unspecified atom stereocenters. The van der Waals surface area contributed by atoms with Gasteiger partial charge in [-0.2, -0.15) is 0 Å². The van der Waals surface area contributed by atoms with Gasteiger partial charge < -0.3 is 18.9 Å². The fourth-order valence-electron chi connectivity index (χ4n) is 1.78. The van der Waals surface area contributed by atoms with Gasteiger partial charge in [-0.15, -0.1) is 0 Å². The molecule has 0 spiro atoms. The number of esters is 1. The molecule has 0 aliphatic heterocycles. The molecule has 0 bridgehead atoms. The Bertz CT molecular complexity index is 500. The molecule has 0 fully saturated rings. The molecule has 0 saturated heterocycles. The Kier molecular flexibility index (Phi) is 9.12. The van der Waals surface area contributed by atoms with Crippen LogP contribution in [0.25, 0.3) is 0 Å². The van der Waals surface area contributed by atoms with Crippen molar-refractivity contribution >= 4 is 5.97 Å². The van der Waals surface area contributed by atoms with Gasteiger partial charge in [0.05, 0.1) is 25.4 Å². The van der Waals surface area contributed by atoms with Crippen LogP contribution < -0.4 is 4.74 Å². The maximum Gasteiger partial charge on any atom is 0.333 e. The Balaban J connectivity index is 2.15. The molecular formula is C19H28O5. The van der Waals surface area contributed by atoms with Crippen LogP contribution in [0.1, 0.15) is 27.7 Å². The van der Waals surface area contributed by atoms with Crippen molar-refractivity contribution in [3.63, 3.8) is 0 Å². The molecule has 5 heteroatoms. The zero-order valence-corrected chi connectivity index (χ0v) is 15.0. The monoisotopic (exact) mass is 336 g/mol. The largest absolute Gasteiger partial charge is 0.488 e. The first-order valence-electron chi connectivity index (χ1n) is 8.16.